The van der Waals surface area contributed by atoms with Crippen LogP contribution in [0.1, 0.15) is 46.0 Å². The summed E-state index contributed by atoms with van der Waals surface area (Å²) in [6.45, 7) is 7.55. The highest BCUT2D eigenvalue weighted by Crippen LogP contribution is 2.31. The van der Waals surface area contributed by atoms with Gasteiger partial charge in [-0.2, -0.15) is 0 Å². The number of anilines is 1. The summed E-state index contributed by atoms with van der Waals surface area (Å²) in [6.07, 6.45) is 5.65. The molecule has 6 nitrogen and oxygen atoms in total. The summed E-state index contributed by atoms with van der Waals surface area (Å²) in [5.41, 5.74) is 0.581. The average Bonchev–Trinajstić information content (AvgIpc) is 3.28. The molecule has 1 heterocycles. The van der Waals surface area contributed by atoms with Gasteiger partial charge < -0.3 is 15.5 Å². The van der Waals surface area contributed by atoms with Crippen molar-refractivity contribution in [2.75, 3.05) is 38.0 Å². The zero-order valence-electron chi connectivity index (χ0n) is 18.2. The summed E-state index contributed by atoms with van der Waals surface area (Å²) in [5.74, 6) is 0.698. The van der Waals surface area contributed by atoms with Crippen molar-refractivity contribution in [3.8, 4) is 0 Å². The van der Waals surface area contributed by atoms with Crippen LogP contribution >= 0.6 is 0 Å². The first-order valence-corrected chi connectivity index (χ1v) is 11.3. The van der Waals surface area contributed by atoms with Gasteiger partial charge in [0, 0.05) is 38.4 Å². The fourth-order valence-corrected chi connectivity index (χ4v) is 4.41. The van der Waals surface area contributed by atoms with Crippen molar-refractivity contribution in [3.63, 3.8) is 0 Å². The molecule has 0 unspecified atom stereocenters. The molecule has 2 aliphatic rings. The lowest BCUT2D eigenvalue weighted by Crippen LogP contribution is -2.58. The number of carbonyl (C=O) groups excluding carboxylic acids is 2. The Balaban J connectivity index is 1.56. The number of nitrogens with one attached hydrogen (secondary N) is 2. The van der Waals surface area contributed by atoms with Gasteiger partial charge in [-0.25, -0.2) is 9.18 Å². The number of amides is 3. The fraction of sp³-hybridized carbons (Fsp3) is 0.652. The molecule has 0 radical (unpaired) electrons. The van der Waals surface area contributed by atoms with E-state index in [0.29, 0.717) is 43.7 Å². The van der Waals surface area contributed by atoms with Crippen LogP contribution < -0.4 is 10.6 Å². The second kappa shape index (κ2) is 10.8. The second-order valence-electron chi connectivity index (χ2n) is 8.71. The van der Waals surface area contributed by atoms with Gasteiger partial charge in [-0.15, -0.1) is 0 Å². The number of nitrogens with zero attached hydrogens (tertiary/aromatic N) is 2. The molecule has 1 aromatic carbocycles. The van der Waals surface area contributed by atoms with Crippen molar-refractivity contribution in [2.24, 2.45) is 11.8 Å². The van der Waals surface area contributed by atoms with Crippen LogP contribution in [0.4, 0.5) is 14.9 Å². The van der Waals surface area contributed by atoms with E-state index in [0.717, 1.165) is 25.8 Å². The molecule has 2 atom stereocenters. The summed E-state index contributed by atoms with van der Waals surface area (Å²) in [7, 11) is 0. The van der Waals surface area contributed by atoms with E-state index in [-0.39, 0.29) is 23.8 Å². The molecule has 3 amide bonds. The van der Waals surface area contributed by atoms with Gasteiger partial charge in [-0.1, -0.05) is 33.1 Å². The van der Waals surface area contributed by atoms with Crippen molar-refractivity contribution in [1.29, 1.82) is 0 Å². The second-order valence-corrected chi connectivity index (χ2v) is 8.71. The number of hydrogen-bond acceptors (Lipinski definition) is 3. The number of halogens is 1. The predicted molar refractivity (Wildman–Crippen MR) is 117 cm³/mol. The minimum Gasteiger partial charge on any atom is -0.354 e. The van der Waals surface area contributed by atoms with Crippen molar-refractivity contribution < 1.29 is 14.0 Å². The summed E-state index contributed by atoms with van der Waals surface area (Å²) < 4.78 is 13.0. The largest absolute Gasteiger partial charge is 0.354 e. The molecule has 166 valence electrons. The Morgan fingerprint density at radius 1 is 1.10 bits per heavy atom. The van der Waals surface area contributed by atoms with Crippen LogP contribution in [0, 0.1) is 17.7 Å². The molecule has 7 heteroatoms. The van der Waals surface area contributed by atoms with Crippen molar-refractivity contribution in [3.05, 3.63) is 30.1 Å². The van der Waals surface area contributed by atoms with E-state index in [4.69, 9.17) is 0 Å². The Morgan fingerprint density at radius 3 is 2.33 bits per heavy atom. The van der Waals surface area contributed by atoms with E-state index in [1.165, 1.54) is 25.0 Å². The Bertz CT molecular complexity index is 698. The number of urea groups is 1. The van der Waals surface area contributed by atoms with Crippen LogP contribution in [0.5, 0.6) is 0 Å². The van der Waals surface area contributed by atoms with Gasteiger partial charge in [0.15, 0.2) is 0 Å². The lowest BCUT2D eigenvalue weighted by molar-refractivity contribution is -0.129. The smallest absolute Gasteiger partial charge is 0.321 e. The Hall–Kier alpha value is -2.15. The molecular weight excluding hydrogens is 383 g/mol. The molecule has 0 bridgehead atoms. The maximum Gasteiger partial charge on any atom is 0.321 e. The molecule has 0 spiro atoms. The van der Waals surface area contributed by atoms with Crippen molar-refractivity contribution in [1.82, 2.24) is 15.1 Å². The molecule has 1 aliphatic heterocycles. The van der Waals surface area contributed by atoms with Gasteiger partial charge in [-0.3, -0.25) is 9.69 Å². The number of piperazine rings is 1. The van der Waals surface area contributed by atoms with E-state index in [1.54, 1.807) is 17.0 Å². The lowest BCUT2D eigenvalue weighted by atomic mass is 9.94. The molecular formula is C23H35FN4O2. The van der Waals surface area contributed by atoms with Gasteiger partial charge in [0.1, 0.15) is 5.82 Å². The molecule has 30 heavy (non-hydrogen) atoms. The monoisotopic (exact) mass is 418 g/mol. The first kappa shape index (κ1) is 22.5. The van der Waals surface area contributed by atoms with E-state index < -0.39 is 0 Å². The van der Waals surface area contributed by atoms with Crippen molar-refractivity contribution in [2.45, 2.75) is 52.0 Å². The highest BCUT2D eigenvalue weighted by atomic mass is 19.1. The van der Waals surface area contributed by atoms with Gasteiger partial charge in [0.2, 0.25) is 5.91 Å². The third kappa shape index (κ3) is 5.94. The molecule has 1 saturated carbocycles. The molecule has 2 fully saturated rings. The molecule has 0 aromatic heterocycles. The van der Waals surface area contributed by atoms with Gasteiger partial charge in [0.25, 0.3) is 0 Å². The van der Waals surface area contributed by atoms with Crippen LogP contribution in [0.3, 0.4) is 0 Å². The molecule has 1 saturated heterocycles. The van der Waals surface area contributed by atoms with Gasteiger partial charge >= 0.3 is 6.03 Å². The van der Waals surface area contributed by atoms with E-state index >= 15 is 0 Å². The number of hydrogen-bond donors (Lipinski definition) is 2. The molecule has 1 aromatic rings. The molecule has 1 aliphatic carbocycles. The summed E-state index contributed by atoms with van der Waals surface area (Å²) in [6, 6.07) is 5.50. The van der Waals surface area contributed by atoms with E-state index in [2.05, 4.69) is 29.4 Å². The predicted octanol–water partition coefficient (Wildman–Crippen LogP) is 3.70. The van der Waals surface area contributed by atoms with Crippen LogP contribution in [0.2, 0.25) is 0 Å². The standard InChI is InChI=1S/C23H35FN4O2/c1-3-17(2)16-25-22(29)21(18-6-4-5-7-18)27-12-14-28(15-13-27)23(30)26-20-10-8-19(24)9-11-20/h8-11,17-18,21H,3-7,12-16H2,1-2H3,(H,25,29)(H,26,30)/t17-,21+/m1/s1. The summed E-state index contributed by atoms with van der Waals surface area (Å²) in [4.78, 5) is 29.6. The van der Waals surface area contributed by atoms with E-state index in [1.807, 2.05) is 0 Å². The zero-order valence-corrected chi connectivity index (χ0v) is 18.2. The topological polar surface area (TPSA) is 64.7 Å². The zero-order chi connectivity index (χ0) is 21.5. The normalized spacial score (nSPS) is 20.0. The number of carbonyl (C=O) groups is 2. The van der Waals surface area contributed by atoms with Crippen LogP contribution in [0.15, 0.2) is 24.3 Å². The number of benzene rings is 1. The summed E-state index contributed by atoms with van der Waals surface area (Å²) >= 11 is 0. The third-order valence-corrected chi connectivity index (χ3v) is 6.53. The highest BCUT2D eigenvalue weighted by molar-refractivity contribution is 5.89. The fourth-order valence-electron chi connectivity index (χ4n) is 4.41. The minimum atomic E-state index is -0.328. The minimum absolute atomic E-state index is 0.0983. The Labute approximate surface area is 179 Å². The average molecular weight is 419 g/mol. The van der Waals surface area contributed by atoms with Crippen LogP contribution in [-0.4, -0.2) is 60.5 Å². The van der Waals surface area contributed by atoms with E-state index in [9.17, 15) is 14.0 Å². The third-order valence-electron chi connectivity index (χ3n) is 6.53. The maximum absolute atomic E-state index is 13.1. The molecule has 2 N–H and O–H groups in total. The highest BCUT2D eigenvalue weighted by Gasteiger charge is 2.37. The molecule has 3 rings (SSSR count). The maximum atomic E-state index is 13.1. The Kier molecular flexibility index (Phi) is 8.08. The Morgan fingerprint density at radius 2 is 1.73 bits per heavy atom. The van der Waals surface area contributed by atoms with Crippen LogP contribution in [-0.2, 0) is 4.79 Å². The van der Waals surface area contributed by atoms with Gasteiger partial charge in [0.05, 0.1) is 6.04 Å². The first-order valence-electron chi connectivity index (χ1n) is 11.3. The quantitative estimate of drug-likeness (QED) is 0.710. The summed E-state index contributed by atoms with van der Waals surface area (Å²) in [5, 5.41) is 6.00. The van der Waals surface area contributed by atoms with Gasteiger partial charge in [-0.05, 0) is 48.9 Å². The number of rotatable bonds is 7. The SMILES string of the molecule is CC[C@@H](C)CNC(=O)[C@H](C1CCCC1)N1CCN(C(=O)Nc2ccc(F)cc2)CC1. The first-order chi connectivity index (χ1) is 14.5. The lowest BCUT2D eigenvalue weighted by Gasteiger charge is -2.40. The van der Waals surface area contributed by atoms with Crippen molar-refractivity contribution >= 4 is 17.6 Å². The van der Waals surface area contributed by atoms with Crippen LogP contribution in [0.25, 0.3) is 0 Å².